The van der Waals surface area contributed by atoms with Gasteiger partial charge in [-0.2, -0.15) is 0 Å². The second-order valence-corrected chi connectivity index (χ2v) is 7.27. The van der Waals surface area contributed by atoms with E-state index >= 15 is 0 Å². The van der Waals surface area contributed by atoms with Crippen molar-refractivity contribution in [1.82, 2.24) is 4.72 Å². The molecule has 0 saturated carbocycles. The van der Waals surface area contributed by atoms with Gasteiger partial charge in [0.25, 0.3) is 0 Å². The lowest BCUT2D eigenvalue weighted by molar-refractivity contribution is 0.559. The zero-order valence-corrected chi connectivity index (χ0v) is 14.0. The number of hydrogen-bond donors (Lipinski definition) is 1. The Morgan fingerprint density at radius 2 is 1.77 bits per heavy atom. The standard InChI is InChI=1S/C17H22N2O2S/c1-14-8-7-11-17(12-14)22(20,21)18-15(2)13-19(3)16-9-5-4-6-10-16/h4-12,15,18H,13H2,1-3H3/t15-/m1/s1. The second-order valence-electron chi connectivity index (χ2n) is 5.55. The van der Waals surface area contributed by atoms with Crippen molar-refractivity contribution in [2.75, 3.05) is 18.5 Å². The number of hydrogen-bond acceptors (Lipinski definition) is 3. The van der Waals surface area contributed by atoms with Gasteiger partial charge in [0.05, 0.1) is 4.90 Å². The molecule has 22 heavy (non-hydrogen) atoms. The normalized spacial score (nSPS) is 12.9. The van der Waals surface area contributed by atoms with Crippen LogP contribution in [-0.2, 0) is 10.0 Å². The number of sulfonamides is 1. The lowest BCUT2D eigenvalue weighted by Gasteiger charge is -2.24. The van der Waals surface area contributed by atoms with E-state index in [1.54, 1.807) is 18.2 Å². The minimum Gasteiger partial charge on any atom is -0.373 e. The summed E-state index contributed by atoms with van der Waals surface area (Å²) in [4.78, 5) is 2.34. The maximum Gasteiger partial charge on any atom is 0.240 e. The Hall–Kier alpha value is -1.85. The maximum absolute atomic E-state index is 12.4. The van der Waals surface area contributed by atoms with Crippen molar-refractivity contribution >= 4 is 15.7 Å². The summed E-state index contributed by atoms with van der Waals surface area (Å²) in [5.74, 6) is 0. The molecular weight excluding hydrogens is 296 g/mol. The third-order valence-electron chi connectivity index (χ3n) is 3.40. The third kappa shape index (κ3) is 4.32. The molecule has 0 saturated heterocycles. The largest absolute Gasteiger partial charge is 0.373 e. The van der Waals surface area contributed by atoms with Gasteiger partial charge in [0.2, 0.25) is 10.0 Å². The molecule has 5 heteroatoms. The summed E-state index contributed by atoms with van der Waals surface area (Å²) in [6, 6.07) is 16.6. The van der Waals surface area contributed by atoms with Gasteiger partial charge >= 0.3 is 0 Å². The number of para-hydroxylation sites is 1. The molecule has 118 valence electrons. The Balaban J connectivity index is 2.03. The van der Waals surface area contributed by atoms with Gasteiger partial charge in [-0.05, 0) is 43.7 Å². The first-order chi connectivity index (χ1) is 10.4. The number of rotatable bonds is 6. The summed E-state index contributed by atoms with van der Waals surface area (Å²) in [6.07, 6.45) is 0. The summed E-state index contributed by atoms with van der Waals surface area (Å²) < 4.78 is 27.5. The van der Waals surface area contributed by atoms with E-state index in [1.807, 2.05) is 62.2 Å². The van der Waals surface area contributed by atoms with Crippen molar-refractivity contribution in [1.29, 1.82) is 0 Å². The van der Waals surface area contributed by atoms with Gasteiger partial charge in [0.1, 0.15) is 0 Å². The van der Waals surface area contributed by atoms with Crippen LogP contribution in [0.25, 0.3) is 0 Å². The fraction of sp³-hybridized carbons (Fsp3) is 0.294. The highest BCUT2D eigenvalue weighted by Gasteiger charge is 2.18. The van der Waals surface area contributed by atoms with Crippen LogP contribution in [0.3, 0.4) is 0 Å². The number of nitrogens with one attached hydrogen (secondary N) is 1. The van der Waals surface area contributed by atoms with Crippen LogP contribution >= 0.6 is 0 Å². The summed E-state index contributed by atoms with van der Waals surface area (Å²) in [5, 5.41) is 0. The van der Waals surface area contributed by atoms with Crippen LogP contribution in [0.2, 0.25) is 0 Å². The van der Waals surface area contributed by atoms with Crippen molar-refractivity contribution < 1.29 is 8.42 Å². The number of benzene rings is 2. The second kappa shape index (κ2) is 6.94. The number of anilines is 1. The Morgan fingerprint density at radius 1 is 1.09 bits per heavy atom. The number of nitrogens with zero attached hydrogens (tertiary/aromatic N) is 1. The molecular formula is C17H22N2O2S. The monoisotopic (exact) mass is 318 g/mol. The fourth-order valence-corrected chi connectivity index (χ4v) is 3.69. The molecule has 2 aromatic rings. The Morgan fingerprint density at radius 3 is 2.41 bits per heavy atom. The molecule has 0 aliphatic rings. The molecule has 0 aliphatic carbocycles. The van der Waals surface area contributed by atoms with Crippen molar-refractivity contribution in [3.8, 4) is 0 Å². The zero-order valence-electron chi connectivity index (χ0n) is 13.2. The first kappa shape index (κ1) is 16.5. The van der Waals surface area contributed by atoms with Crippen molar-refractivity contribution in [2.24, 2.45) is 0 Å². The molecule has 0 radical (unpaired) electrons. The molecule has 0 aliphatic heterocycles. The molecule has 4 nitrogen and oxygen atoms in total. The predicted molar refractivity (Wildman–Crippen MR) is 90.7 cm³/mol. The van der Waals surface area contributed by atoms with Crippen molar-refractivity contribution in [2.45, 2.75) is 24.8 Å². The molecule has 0 spiro atoms. The molecule has 1 atom stereocenters. The summed E-state index contributed by atoms with van der Waals surface area (Å²) in [6.45, 7) is 4.34. The first-order valence-electron chi connectivity index (χ1n) is 7.23. The van der Waals surface area contributed by atoms with E-state index in [4.69, 9.17) is 0 Å². The van der Waals surface area contributed by atoms with E-state index in [-0.39, 0.29) is 6.04 Å². The van der Waals surface area contributed by atoms with Crippen LogP contribution in [0.4, 0.5) is 5.69 Å². The highest BCUT2D eigenvalue weighted by Crippen LogP contribution is 2.14. The van der Waals surface area contributed by atoms with Crippen molar-refractivity contribution in [3.63, 3.8) is 0 Å². The Labute approximate surface area is 132 Å². The lowest BCUT2D eigenvalue weighted by atomic mass is 10.2. The average molecular weight is 318 g/mol. The Bertz CT molecular complexity index is 714. The topological polar surface area (TPSA) is 49.4 Å². The fourth-order valence-electron chi connectivity index (χ4n) is 2.35. The number of aryl methyl sites for hydroxylation is 1. The van der Waals surface area contributed by atoms with E-state index < -0.39 is 10.0 Å². The van der Waals surface area contributed by atoms with E-state index in [0.717, 1.165) is 11.3 Å². The van der Waals surface area contributed by atoms with E-state index in [9.17, 15) is 8.42 Å². The molecule has 0 unspecified atom stereocenters. The van der Waals surface area contributed by atoms with Gasteiger partial charge in [-0.1, -0.05) is 30.3 Å². The van der Waals surface area contributed by atoms with Gasteiger partial charge < -0.3 is 4.90 Å². The van der Waals surface area contributed by atoms with Crippen LogP contribution in [-0.4, -0.2) is 28.1 Å². The first-order valence-corrected chi connectivity index (χ1v) is 8.72. The molecule has 1 N–H and O–H groups in total. The lowest BCUT2D eigenvalue weighted by Crippen LogP contribution is -2.40. The SMILES string of the molecule is Cc1cccc(S(=O)(=O)N[C@H](C)CN(C)c2ccccc2)c1. The van der Waals surface area contributed by atoms with Crippen LogP contribution in [0, 0.1) is 6.92 Å². The summed E-state index contributed by atoms with van der Waals surface area (Å²) >= 11 is 0. The minimum atomic E-state index is -3.49. The molecule has 0 aromatic heterocycles. The molecule has 0 fully saturated rings. The van der Waals surface area contributed by atoms with E-state index in [1.165, 1.54) is 0 Å². The highest BCUT2D eigenvalue weighted by atomic mass is 32.2. The van der Waals surface area contributed by atoms with Crippen LogP contribution in [0.5, 0.6) is 0 Å². The van der Waals surface area contributed by atoms with Gasteiger partial charge in [-0.15, -0.1) is 0 Å². The van der Waals surface area contributed by atoms with E-state index in [2.05, 4.69) is 4.72 Å². The minimum absolute atomic E-state index is 0.198. The zero-order chi connectivity index (χ0) is 16.2. The average Bonchev–Trinajstić information content (AvgIpc) is 2.47. The van der Waals surface area contributed by atoms with Crippen LogP contribution in [0.1, 0.15) is 12.5 Å². The van der Waals surface area contributed by atoms with Gasteiger partial charge in [-0.25, -0.2) is 13.1 Å². The maximum atomic E-state index is 12.4. The van der Waals surface area contributed by atoms with Crippen LogP contribution in [0.15, 0.2) is 59.5 Å². The van der Waals surface area contributed by atoms with Gasteiger partial charge in [0.15, 0.2) is 0 Å². The Kier molecular flexibility index (Phi) is 5.21. The smallest absolute Gasteiger partial charge is 0.240 e. The van der Waals surface area contributed by atoms with Crippen LogP contribution < -0.4 is 9.62 Å². The van der Waals surface area contributed by atoms with E-state index in [0.29, 0.717) is 11.4 Å². The molecule has 0 bridgehead atoms. The molecule has 0 amide bonds. The van der Waals surface area contributed by atoms with Gasteiger partial charge in [0, 0.05) is 25.3 Å². The van der Waals surface area contributed by atoms with Gasteiger partial charge in [-0.3, -0.25) is 0 Å². The predicted octanol–water partition coefficient (Wildman–Crippen LogP) is 2.80. The summed E-state index contributed by atoms with van der Waals surface area (Å²) in [7, 11) is -1.54. The quantitative estimate of drug-likeness (QED) is 0.891. The molecule has 0 heterocycles. The molecule has 2 aromatic carbocycles. The highest BCUT2D eigenvalue weighted by molar-refractivity contribution is 7.89. The molecule has 2 rings (SSSR count). The van der Waals surface area contributed by atoms with Crippen molar-refractivity contribution in [3.05, 3.63) is 60.2 Å². The third-order valence-corrected chi connectivity index (χ3v) is 4.99. The summed E-state index contributed by atoms with van der Waals surface area (Å²) in [5.41, 5.74) is 1.99. The number of likely N-dealkylation sites (N-methyl/N-ethyl adjacent to an activating group) is 1.